The Balaban J connectivity index is 1.96. The van der Waals surface area contributed by atoms with E-state index in [0.717, 1.165) is 25.5 Å². The SMILES string of the molecule is COC[C@]12CCCC[C@H]1CN(CCCN)C2. The molecule has 0 aromatic carbocycles. The average Bonchev–Trinajstić information content (AvgIpc) is 2.65. The van der Waals surface area contributed by atoms with E-state index in [1.807, 2.05) is 7.11 Å². The predicted molar refractivity (Wildman–Crippen MR) is 66.4 cm³/mol. The van der Waals surface area contributed by atoms with Gasteiger partial charge in [0.2, 0.25) is 0 Å². The summed E-state index contributed by atoms with van der Waals surface area (Å²) in [6.45, 7) is 5.47. The summed E-state index contributed by atoms with van der Waals surface area (Å²) in [6.07, 6.45) is 6.72. The molecule has 0 unspecified atom stereocenters. The van der Waals surface area contributed by atoms with E-state index in [4.69, 9.17) is 10.5 Å². The zero-order chi connectivity index (χ0) is 11.4. The summed E-state index contributed by atoms with van der Waals surface area (Å²) in [4.78, 5) is 2.61. The van der Waals surface area contributed by atoms with Crippen molar-refractivity contribution in [1.82, 2.24) is 4.90 Å². The van der Waals surface area contributed by atoms with Gasteiger partial charge in [-0.1, -0.05) is 12.8 Å². The highest BCUT2D eigenvalue weighted by Crippen LogP contribution is 2.46. The molecule has 94 valence electrons. The standard InChI is InChI=1S/C13H26N2O/c1-16-11-13-6-3-2-5-12(13)9-15(10-13)8-4-7-14/h12H,2-11,14H2,1H3/t12-,13+/m0/s1. The summed E-state index contributed by atoms with van der Waals surface area (Å²) in [6, 6.07) is 0. The predicted octanol–water partition coefficient (Wildman–Crippen LogP) is 1.47. The van der Waals surface area contributed by atoms with Crippen molar-refractivity contribution in [2.75, 3.05) is 39.9 Å². The fourth-order valence-corrected chi connectivity index (χ4v) is 3.70. The van der Waals surface area contributed by atoms with E-state index in [2.05, 4.69) is 4.90 Å². The van der Waals surface area contributed by atoms with Gasteiger partial charge in [-0.3, -0.25) is 0 Å². The van der Waals surface area contributed by atoms with Gasteiger partial charge >= 0.3 is 0 Å². The third kappa shape index (κ3) is 2.41. The molecule has 16 heavy (non-hydrogen) atoms. The van der Waals surface area contributed by atoms with Crippen molar-refractivity contribution in [2.45, 2.75) is 32.1 Å². The van der Waals surface area contributed by atoms with Gasteiger partial charge in [0.1, 0.15) is 0 Å². The highest BCUT2D eigenvalue weighted by Gasteiger charge is 2.47. The first kappa shape index (κ1) is 12.3. The summed E-state index contributed by atoms with van der Waals surface area (Å²) >= 11 is 0. The molecule has 0 amide bonds. The Bertz CT molecular complexity index is 218. The van der Waals surface area contributed by atoms with Gasteiger partial charge in [0.25, 0.3) is 0 Å². The zero-order valence-corrected chi connectivity index (χ0v) is 10.6. The van der Waals surface area contributed by atoms with E-state index in [9.17, 15) is 0 Å². The summed E-state index contributed by atoms with van der Waals surface area (Å²) in [5.41, 5.74) is 6.07. The van der Waals surface area contributed by atoms with Crippen LogP contribution in [-0.4, -0.2) is 44.8 Å². The Morgan fingerprint density at radius 1 is 1.44 bits per heavy atom. The van der Waals surface area contributed by atoms with Crippen molar-refractivity contribution < 1.29 is 4.74 Å². The highest BCUT2D eigenvalue weighted by molar-refractivity contribution is 4.98. The minimum absolute atomic E-state index is 0.474. The van der Waals surface area contributed by atoms with Gasteiger partial charge in [-0.2, -0.15) is 0 Å². The number of nitrogens with zero attached hydrogens (tertiary/aromatic N) is 1. The first-order valence-electron chi connectivity index (χ1n) is 6.72. The Labute approximate surface area is 99.3 Å². The normalized spacial score (nSPS) is 35.2. The van der Waals surface area contributed by atoms with Crippen molar-refractivity contribution in [1.29, 1.82) is 0 Å². The van der Waals surface area contributed by atoms with E-state index in [1.165, 1.54) is 45.3 Å². The molecule has 1 aliphatic carbocycles. The molecule has 0 aromatic rings. The molecule has 2 rings (SSSR count). The Kier molecular flexibility index (Phi) is 4.22. The molecule has 0 radical (unpaired) electrons. The van der Waals surface area contributed by atoms with Crippen LogP contribution < -0.4 is 5.73 Å². The van der Waals surface area contributed by atoms with Crippen LogP contribution in [-0.2, 0) is 4.74 Å². The number of fused-ring (bicyclic) bond motifs is 1. The molecule has 2 atom stereocenters. The van der Waals surface area contributed by atoms with Crippen molar-refractivity contribution in [2.24, 2.45) is 17.1 Å². The van der Waals surface area contributed by atoms with Crippen molar-refractivity contribution in [3.63, 3.8) is 0 Å². The number of methoxy groups -OCH3 is 1. The van der Waals surface area contributed by atoms with Crippen molar-refractivity contribution >= 4 is 0 Å². The van der Waals surface area contributed by atoms with Crippen LogP contribution in [0, 0.1) is 11.3 Å². The van der Waals surface area contributed by atoms with Crippen LogP contribution in [0.5, 0.6) is 0 Å². The molecule has 2 N–H and O–H groups in total. The maximum Gasteiger partial charge on any atom is 0.0534 e. The average molecular weight is 226 g/mol. The lowest BCUT2D eigenvalue weighted by Gasteiger charge is -2.38. The quantitative estimate of drug-likeness (QED) is 0.771. The topological polar surface area (TPSA) is 38.5 Å². The lowest BCUT2D eigenvalue weighted by molar-refractivity contribution is 0.0298. The van der Waals surface area contributed by atoms with Gasteiger partial charge in [0, 0.05) is 25.6 Å². The van der Waals surface area contributed by atoms with E-state index < -0.39 is 0 Å². The molecule has 0 bridgehead atoms. The number of ether oxygens (including phenoxy) is 1. The molecule has 3 nitrogen and oxygen atoms in total. The molecular weight excluding hydrogens is 200 g/mol. The molecule has 0 spiro atoms. The van der Waals surface area contributed by atoms with Crippen LogP contribution in [0.2, 0.25) is 0 Å². The van der Waals surface area contributed by atoms with Gasteiger partial charge in [0.05, 0.1) is 6.61 Å². The Morgan fingerprint density at radius 2 is 2.31 bits per heavy atom. The van der Waals surface area contributed by atoms with Gasteiger partial charge in [0.15, 0.2) is 0 Å². The van der Waals surface area contributed by atoms with Crippen LogP contribution in [0.15, 0.2) is 0 Å². The summed E-state index contributed by atoms with van der Waals surface area (Å²) < 4.78 is 5.49. The number of nitrogens with two attached hydrogens (primary N) is 1. The molecule has 1 saturated heterocycles. The second-order valence-corrected chi connectivity index (χ2v) is 5.62. The number of hydrogen-bond donors (Lipinski definition) is 1. The van der Waals surface area contributed by atoms with Crippen LogP contribution >= 0.6 is 0 Å². The monoisotopic (exact) mass is 226 g/mol. The van der Waals surface area contributed by atoms with Crippen LogP contribution in [0.4, 0.5) is 0 Å². The molecule has 3 heteroatoms. The summed E-state index contributed by atoms with van der Waals surface area (Å²) in [7, 11) is 1.85. The molecule has 1 aliphatic heterocycles. The van der Waals surface area contributed by atoms with Gasteiger partial charge in [-0.05, 0) is 38.3 Å². The summed E-state index contributed by atoms with van der Waals surface area (Å²) in [5, 5.41) is 0. The second kappa shape index (κ2) is 5.48. The Morgan fingerprint density at radius 3 is 3.06 bits per heavy atom. The maximum absolute atomic E-state index is 5.59. The van der Waals surface area contributed by atoms with E-state index >= 15 is 0 Å². The van der Waals surface area contributed by atoms with E-state index in [1.54, 1.807) is 0 Å². The molecule has 0 aromatic heterocycles. The third-order valence-electron chi connectivity index (χ3n) is 4.47. The molecule has 2 fully saturated rings. The summed E-state index contributed by atoms with van der Waals surface area (Å²) in [5.74, 6) is 0.874. The van der Waals surface area contributed by atoms with Crippen LogP contribution in [0.3, 0.4) is 0 Å². The molecule has 1 heterocycles. The van der Waals surface area contributed by atoms with Crippen LogP contribution in [0.25, 0.3) is 0 Å². The molecule has 1 saturated carbocycles. The van der Waals surface area contributed by atoms with Gasteiger partial charge in [-0.25, -0.2) is 0 Å². The van der Waals surface area contributed by atoms with Gasteiger partial charge in [-0.15, -0.1) is 0 Å². The van der Waals surface area contributed by atoms with Crippen molar-refractivity contribution in [3.05, 3.63) is 0 Å². The van der Waals surface area contributed by atoms with Crippen LogP contribution in [0.1, 0.15) is 32.1 Å². The molecule has 2 aliphatic rings. The minimum atomic E-state index is 0.474. The third-order valence-corrected chi connectivity index (χ3v) is 4.47. The lowest BCUT2D eigenvalue weighted by Crippen LogP contribution is -2.37. The Hall–Kier alpha value is -0.120. The first-order valence-corrected chi connectivity index (χ1v) is 6.72. The molecular formula is C13H26N2O. The smallest absolute Gasteiger partial charge is 0.0534 e. The largest absolute Gasteiger partial charge is 0.384 e. The zero-order valence-electron chi connectivity index (χ0n) is 10.6. The highest BCUT2D eigenvalue weighted by atomic mass is 16.5. The second-order valence-electron chi connectivity index (χ2n) is 5.62. The lowest BCUT2D eigenvalue weighted by atomic mass is 9.69. The van der Waals surface area contributed by atoms with E-state index in [0.29, 0.717) is 5.41 Å². The van der Waals surface area contributed by atoms with E-state index in [-0.39, 0.29) is 0 Å². The van der Waals surface area contributed by atoms with Crippen molar-refractivity contribution in [3.8, 4) is 0 Å². The number of rotatable bonds is 5. The fraction of sp³-hybridized carbons (Fsp3) is 1.00. The first-order chi connectivity index (χ1) is 7.80. The minimum Gasteiger partial charge on any atom is -0.384 e. The number of hydrogen-bond acceptors (Lipinski definition) is 3. The van der Waals surface area contributed by atoms with Gasteiger partial charge < -0.3 is 15.4 Å². The number of likely N-dealkylation sites (tertiary alicyclic amines) is 1. The maximum atomic E-state index is 5.59. The fourth-order valence-electron chi connectivity index (χ4n) is 3.70.